The van der Waals surface area contributed by atoms with E-state index in [4.69, 9.17) is 8.92 Å². The van der Waals surface area contributed by atoms with Gasteiger partial charge >= 0.3 is 0 Å². The van der Waals surface area contributed by atoms with Gasteiger partial charge in [0.05, 0.1) is 15.8 Å². The molecule has 6 heteroatoms. The molecule has 0 bridgehead atoms. The molecule has 0 fully saturated rings. The van der Waals surface area contributed by atoms with E-state index >= 15 is 0 Å². The normalized spacial score (nSPS) is 12.3. The first kappa shape index (κ1) is 19.1. The summed E-state index contributed by atoms with van der Waals surface area (Å²) in [5.74, 6) is 0.714. The smallest absolute Gasteiger partial charge is 0.146 e. The highest BCUT2D eigenvalue weighted by Crippen LogP contribution is 2.18. The quantitative estimate of drug-likeness (QED) is 0.326. The zero-order valence-electron chi connectivity index (χ0n) is 13.3. The highest BCUT2D eigenvalue weighted by molar-refractivity contribution is 14.2. The molecular formula is C18H20INO3S. The molecule has 2 N–H and O–H groups in total. The summed E-state index contributed by atoms with van der Waals surface area (Å²) in [6.45, 7) is 0.260. The highest BCUT2D eigenvalue weighted by Gasteiger charge is 2.09. The number of nitrogens with one attached hydrogen (secondary N) is 1. The average molecular weight is 457 g/mol. The van der Waals surface area contributed by atoms with Gasteiger partial charge in [0.25, 0.3) is 0 Å². The summed E-state index contributed by atoms with van der Waals surface area (Å²) in [6.07, 6.45) is 3.76. The van der Waals surface area contributed by atoms with Crippen molar-refractivity contribution < 1.29 is 14.0 Å². The Morgan fingerprint density at radius 3 is 2.17 bits per heavy atom. The summed E-state index contributed by atoms with van der Waals surface area (Å²) in [6, 6.07) is 16.0. The Hall–Kier alpha value is -1.22. The molecule has 4 nitrogen and oxygen atoms in total. The molecule has 1 atom stereocenters. The number of hydrogen-bond donors (Lipinski definition) is 2. The van der Waals surface area contributed by atoms with Crippen LogP contribution in [0.3, 0.4) is 0 Å². The fraction of sp³-hybridized carbons (Fsp3) is 0.222. The number of aliphatic hydroxyl groups excluding tert-OH is 1. The van der Waals surface area contributed by atoms with Gasteiger partial charge in [0.15, 0.2) is 0 Å². The van der Waals surface area contributed by atoms with Crippen LogP contribution in [0.2, 0.25) is 0 Å². The summed E-state index contributed by atoms with van der Waals surface area (Å²) in [4.78, 5) is 0. The van der Waals surface area contributed by atoms with Crippen molar-refractivity contribution in [1.29, 1.82) is 0 Å². The fourth-order valence-corrected chi connectivity index (χ4v) is 2.67. The molecule has 0 spiro atoms. The van der Waals surface area contributed by atoms with E-state index in [-0.39, 0.29) is 12.7 Å². The van der Waals surface area contributed by atoms with Crippen LogP contribution < -0.4 is 10.1 Å². The van der Waals surface area contributed by atoms with Crippen molar-refractivity contribution >= 4 is 48.3 Å². The summed E-state index contributed by atoms with van der Waals surface area (Å²) in [7, 11) is 3.14. The van der Waals surface area contributed by atoms with Crippen molar-refractivity contribution in [2.24, 2.45) is 0 Å². The van der Waals surface area contributed by atoms with Crippen LogP contribution in [0.15, 0.2) is 48.5 Å². The van der Waals surface area contributed by atoms with Gasteiger partial charge in [-0.3, -0.25) is 0 Å². The summed E-state index contributed by atoms with van der Waals surface area (Å²) in [5, 5.41) is 12.4. The Balaban J connectivity index is 1.94. The lowest BCUT2D eigenvalue weighted by Crippen LogP contribution is -2.25. The zero-order valence-corrected chi connectivity index (χ0v) is 16.3. The Labute approximate surface area is 159 Å². The second-order valence-electron chi connectivity index (χ2n) is 5.04. The van der Waals surface area contributed by atoms with Gasteiger partial charge in [0, 0.05) is 33.9 Å². The number of aliphatic hydroxyl groups is 1. The molecule has 0 radical (unpaired) electrons. The number of ether oxygens (including phenoxy) is 1. The molecule has 2 aromatic rings. The molecule has 24 heavy (non-hydrogen) atoms. The van der Waals surface area contributed by atoms with Gasteiger partial charge in [-0.2, -0.15) is 0 Å². The van der Waals surface area contributed by atoms with E-state index in [1.165, 1.54) is 9.21 Å². The van der Waals surface area contributed by atoms with Crippen LogP contribution in [0, 0.1) is 0 Å². The van der Waals surface area contributed by atoms with E-state index in [0.29, 0.717) is 12.4 Å². The molecule has 0 saturated heterocycles. The van der Waals surface area contributed by atoms with Gasteiger partial charge in [-0.1, -0.05) is 36.4 Å². The largest absolute Gasteiger partial charge is 0.486 e. The summed E-state index contributed by atoms with van der Waals surface area (Å²) in [5.41, 5.74) is 3.32. The van der Waals surface area contributed by atoms with Gasteiger partial charge in [0.1, 0.15) is 18.5 Å². The fourth-order valence-electron chi connectivity index (χ4n) is 2.03. The molecule has 0 saturated carbocycles. The molecule has 0 aromatic heterocycles. The standard InChI is InChI=1S/C18H20INO3S/c1-20-16-8-4-14(5-9-16)2-3-15-6-10-17(11-7-15)23-18(12-21)13-22-24-19/h2-11,18,20-21H,12-13H2,1H3/b3-2+. The van der Waals surface area contributed by atoms with E-state index in [9.17, 15) is 5.11 Å². The minimum Gasteiger partial charge on any atom is -0.486 e. The van der Waals surface area contributed by atoms with Crippen molar-refractivity contribution in [3.8, 4) is 5.75 Å². The van der Waals surface area contributed by atoms with Crippen LogP contribution in [0.1, 0.15) is 11.1 Å². The number of halogens is 1. The minimum absolute atomic E-state index is 0.0819. The van der Waals surface area contributed by atoms with Crippen LogP contribution in [-0.4, -0.2) is 31.5 Å². The predicted octanol–water partition coefficient (Wildman–Crippen LogP) is 4.65. The Bertz CT molecular complexity index is 632. The van der Waals surface area contributed by atoms with E-state index in [1.807, 2.05) is 64.7 Å². The third-order valence-corrected chi connectivity index (χ3v) is 4.34. The monoisotopic (exact) mass is 457 g/mol. The molecule has 2 aromatic carbocycles. The summed E-state index contributed by atoms with van der Waals surface area (Å²) >= 11 is 2.04. The Kier molecular flexibility index (Phi) is 8.44. The second kappa shape index (κ2) is 10.6. The third-order valence-electron chi connectivity index (χ3n) is 3.35. The van der Waals surface area contributed by atoms with Crippen molar-refractivity contribution in [1.82, 2.24) is 0 Å². The number of hydrogen-bond acceptors (Lipinski definition) is 5. The van der Waals surface area contributed by atoms with Gasteiger partial charge < -0.3 is 19.3 Å². The molecule has 2 rings (SSSR count). The predicted molar refractivity (Wildman–Crippen MR) is 110 cm³/mol. The van der Waals surface area contributed by atoms with Crippen molar-refractivity contribution in [3.05, 3.63) is 59.7 Å². The molecule has 1 unspecified atom stereocenters. The highest BCUT2D eigenvalue weighted by atomic mass is 127. The van der Waals surface area contributed by atoms with Crippen LogP contribution in [-0.2, 0) is 4.18 Å². The molecular weight excluding hydrogens is 437 g/mol. The molecule has 0 aliphatic heterocycles. The van der Waals surface area contributed by atoms with E-state index < -0.39 is 0 Å². The van der Waals surface area contributed by atoms with Gasteiger partial charge in [0.2, 0.25) is 0 Å². The number of rotatable bonds is 9. The lowest BCUT2D eigenvalue weighted by Gasteiger charge is -2.15. The first-order valence-corrected chi connectivity index (χ1v) is 10.8. The Morgan fingerprint density at radius 1 is 1.08 bits per heavy atom. The SMILES string of the molecule is CNc1ccc(/C=C/c2ccc(OC(CO)COSI)cc2)cc1. The minimum atomic E-state index is -0.362. The lowest BCUT2D eigenvalue weighted by molar-refractivity contribution is 0.0799. The van der Waals surface area contributed by atoms with Gasteiger partial charge in [-0.05, 0) is 35.4 Å². The lowest BCUT2D eigenvalue weighted by atomic mass is 10.1. The zero-order chi connectivity index (χ0) is 17.2. The van der Waals surface area contributed by atoms with Gasteiger partial charge in [-0.15, -0.1) is 0 Å². The molecule has 0 amide bonds. The molecule has 0 aliphatic rings. The van der Waals surface area contributed by atoms with E-state index in [2.05, 4.69) is 29.6 Å². The topological polar surface area (TPSA) is 50.7 Å². The maximum absolute atomic E-state index is 9.28. The van der Waals surface area contributed by atoms with Crippen molar-refractivity contribution in [2.45, 2.75) is 6.10 Å². The first-order chi connectivity index (χ1) is 11.7. The number of benzene rings is 2. The number of anilines is 1. The molecule has 0 aliphatic carbocycles. The van der Waals surface area contributed by atoms with E-state index in [0.717, 1.165) is 16.8 Å². The maximum atomic E-state index is 9.28. The van der Waals surface area contributed by atoms with Crippen molar-refractivity contribution in [2.75, 3.05) is 25.6 Å². The maximum Gasteiger partial charge on any atom is 0.146 e. The summed E-state index contributed by atoms with van der Waals surface area (Å²) < 4.78 is 10.9. The second-order valence-corrected chi connectivity index (χ2v) is 6.48. The van der Waals surface area contributed by atoms with Crippen LogP contribution in [0.4, 0.5) is 5.69 Å². The van der Waals surface area contributed by atoms with Crippen LogP contribution >= 0.6 is 30.4 Å². The van der Waals surface area contributed by atoms with Crippen LogP contribution in [0.5, 0.6) is 5.75 Å². The van der Waals surface area contributed by atoms with Crippen LogP contribution in [0.25, 0.3) is 12.2 Å². The third kappa shape index (κ3) is 6.35. The van der Waals surface area contributed by atoms with Crippen molar-refractivity contribution in [3.63, 3.8) is 0 Å². The average Bonchev–Trinajstić information content (AvgIpc) is 2.64. The first-order valence-electron chi connectivity index (χ1n) is 7.49. The Morgan fingerprint density at radius 2 is 1.67 bits per heavy atom. The van der Waals surface area contributed by atoms with E-state index in [1.54, 1.807) is 0 Å². The molecule has 128 valence electrons. The molecule has 0 heterocycles. The van der Waals surface area contributed by atoms with Gasteiger partial charge in [-0.25, -0.2) is 0 Å².